The van der Waals surface area contributed by atoms with Crippen LogP contribution in [0.1, 0.15) is 57.8 Å². The Kier molecular flexibility index (Phi) is 5.25. The number of carbonyl (C=O) groups excluding carboxylic acids is 2. The average molecular weight is 350 g/mol. The molecule has 0 aromatic carbocycles. The van der Waals surface area contributed by atoms with Crippen LogP contribution in [0.15, 0.2) is 0 Å². The van der Waals surface area contributed by atoms with Gasteiger partial charge in [0, 0.05) is 6.04 Å². The standard InChI is InChI=1S/C14H14F4N2O4/c1-23-13(21)6-8(19-5-3-4-5)7(14(22)24-2)10(12(17)18)20-9(6)11(15)16/h5,11-12H,3-4H2,1-2H3,(H,19,20). The number of halogens is 4. The Labute approximate surface area is 134 Å². The fraction of sp³-hybridized carbons (Fsp3) is 0.500. The van der Waals surface area contributed by atoms with Gasteiger partial charge in [-0.15, -0.1) is 0 Å². The summed E-state index contributed by atoms with van der Waals surface area (Å²) in [5, 5.41) is 2.67. The molecule has 132 valence electrons. The van der Waals surface area contributed by atoms with E-state index in [1.54, 1.807) is 0 Å². The molecule has 0 spiro atoms. The minimum Gasteiger partial charge on any atom is -0.465 e. The van der Waals surface area contributed by atoms with E-state index in [1.807, 2.05) is 0 Å². The summed E-state index contributed by atoms with van der Waals surface area (Å²) in [6.07, 6.45) is -5.36. The maximum Gasteiger partial charge on any atom is 0.342 e. The van der Waals surface area contributed by atoms with E-state index >= 15 is 0 Å². The molecule has 1 N–H and O–H groups in total. The van der Waals surface area contributed by atoms with Crippen LogP contribution in [0.25, 0.3) is 0 Å². The highest BCUT2D eigenvalue weighted by molar-refractivity contribution is 6.06. The van der Waals surface area contributed by atoms with Crippen LogP contribution in [0.2, 0.25) is 0 Å². The van der Waals surface area contributed by atoms with E-state index in [9.17, 15) is 27.2 Å². The summed E-state index contributed by atoms with van der Waals surface area (Å²) in [7, 11) is 1.88. The number of ether oxygens (including phenoxy) is 2. The molecule has 1 aromatic rings. The lowest BCUT2D eigenvalue weighted by molar-refractivity contribution is 0.0578. The Morgan fingerprint density at radius 1 is 1.00 bits per heavy atom. The van der Waals surface area contributed by atoms with Gasteiger partial charge >= 0.3 is 11.9 Å². The van der Waals surface area contributed by atoms with Crippen molar-refractivity contribution in [2.24, 2.45) is 0 Å². The van der Waals surface area contributed by atoms with Gasteiger partial charge in [0.25, 0.3) is 12.9 Å². The van der Waals surface area contributed by atoms with Gasteiger partial charge in [-0.25, -0.2) is 32.1 Å². The van der Waals surface area contributed by atoms with Crippen molar-refractivity contribution in [2.45, 2.75) is 31.7 Å². The van der Waals surface area contributed by atoms with Crippen LogP contribution >= 0.6 is 0 Å². The van der Waals surface area contributed by atoms with Crippen molar-refractivity contribution in [3.63, 3.8) is 0 Å². The molecule has 0 amide bonds. The largest absolute Gasteiger partial charge is 0.465 e. The number of methoxy groups -OCH3 is 2. The first kappa shape index (κ1) is 18.0. The summed E-state index contributed by atoms with van der Waals surface area (Å²) in [5.41, 5.74) is -4.30. The van der Waals surface area contributed by atoms with Crippen LogP contribution in [-0.4, -0.2) is 37.2 Å². The van der Waals surface area contributed by atoms with Crippen molar-refractivity contribution >= 4 is 17.6 Å². The summed E-state index contributed by atoms with van der Waals surface area (Å²) < 4.78 is 61.9. The Hall–Kier alpha value is -2.39. The molecular formula is C14H14F4N2O4. The van der Waals surface area contributed by atoms with Gasteiger partial charge in [0.2, 0.25) is 0 Å². The maximum absolute atomic E-state index is 13.3. The van der Waals surface area contributed by atoms with Crippen LogP contribution < -0.4 is 5.32 Å². The lowest BCUT2D eigenvalue weighted by Crippen LogP contribution is -2.21. The maximum atomic E-state index is 13.3. The van der Waals surface area contributed by atoms with E-state index < -0.39 is 53.0 Å². The number of hydrogen-bond acceptors (Lipinski definition) is 6. The van der Waals surface area contributed by atoms with Crippen LogP contribution in [-0.2, 0) is 9.47 Å². The SMILES string of the molecule is COC(=O)c1c(C(F)F)nc(C(F)F)c(C(=O)OC)c1NC1CC1. The van der Waals surface area contributed by atoms with Gasteiger partial charge in [-0.2, -0.15) is 0 Å². The molecule has 1 aliphatic carbocycles. The molecule has 2 rings (SSSR count). The molecule has 1 fully saturated rings. The molecule has 0 bridgehead atoms. The highest BCUT2D eigenvalue weighted by atomic mass is 19.3. The molecule has 1 aromatic heterocycles. The fourth-order valence-electron chi connectivity index (χ4n) is 2.13. The number of rotatable bonds is 6. The zero-order valence-electron chi connectivity index (χ0n) is 12.7. The van der Waals surface area contributed by atoms with Crippen molar-refractivity contribution in [2.75, 3.05) is 19.5 Å². The number of nitrogens with zero attached hydrogens (tertiary/aromatic N) is 1. The molecule has 0 unspecified atom stereocenters. The third-order valence-electron chi connectivity index (χ3n) is 3.37. The summed E-state index contributed by atoms with van der Waals surface area (Å²) in [6, 6.07) is -0.227. The smallest absolute Gasteiger partial charge is 0.342 e. The van der Waals surface area contributed by atoms with Gasteiger partial charge in [0.15, 0.2) is 0 Å². The van der Waals surface area contributed by atoms with Gasteiger partial charge in [-0.05, 0) is 12.8 Å². The van der Waals surface area contributed by atoms with Crippen LogP contribution in [0.5, 0.6) is 0 Å². The first-order valence-electron chi connectivity index (χ1n) is 6.89. The molecule has 6 nitrogen and oxygen atoms in total. The Morgan fingerprint density at radius 3 is 1.71 bits per heavy atom. The summed E-state index contributed by atoms with van der Waals surface area (Å²) in [6.45, 7) is 0. The fourth-order valence-corrected chi connectivity index (χ4v) is 2.13. The molecule has 0 saturated heterocycles. The molecule has 1 saturated carbocycles. The zero-order chi connectivity index (χ0) is 18.0. The molecular weight excluding hydrogens is 336 g/mol. The topological polar surface area (TPSA) is 77.5 Å². The third-order valence-corrected chi connectivity index (χ3v) is 3.37. The van der Waals surface area contributed by atoms with E-state index in [-0.39, 0.29) is 6.04 Å². The highest BCUT2D eigenvalue weighted by Crippen LogP contribution is 2.38. The lowest BCUT2D eigenvalue weighted by Gasteiger charge is -2.19. The summed E-state index contributed by atoms with van der Waals surface area (Å²) >= 11 is 0. The molecule has 1 heterocycles. The van der Waals surface area contributed by atoms with Crippen LogP contribution in [0.4, 0.5) is 23.2 Å². The monoisotopic (exact) mass is 350 g/mol. The van der Waals surface area contributed by atoms with Crippen molar-refractivity contribution in [3.05, 3.63) is 22.5 Å². The van der Waals surface area contributed by atoms with E-state index in [0.29, 0.717) is 12.8 Å². The normalized spacial score (nSPS) is 14.0. The van der Waals surface area contributed by atoms with Gasteiger partial charge in [-0.3, -0.25) is 0 Å². The Morgan fingerprint density at radius 2 is 1.42 bits per heavy atom. The second kappa shape index (κ2) is 7.02. The third kappa shape index (κ3) is 3.41. The number of esters is 2. The number of aromatic nitrogens is 1. The van der Waals surface area contributed by atoms with E-state index in [0.717, 1.165) is 14.2 Å². The first-order valence-corrected chi connectivity index (χ1v) is 6.89. The minimum atomic E-state index is -3.32. The Balaban J connectivity index is 2.82. The first-order chi connectivity index (χ1) is 11.3. The lowest BCUT2D eigenvalue weighted by atomic mass is 10.0. The highest BCUT2D eigenvalue weighted by Gasteiger charge is 2.36. The van der Waals surface area contributed by atoms with Crippen molar-refractivity contribution in [1.29, 1.82) is 0 Å². The second-order valence-corrected chi connectivity index (χ2v) is 5.01. The van der Waals surface area contributed by atoms with Gasteiger partial charge in [0.1, 0.15) is 22.5 Å². The van der Waals surface area contributed by atoms with Gasteiger partial charge < -0.3 is 14.8 Å². The number of hydrogen-bond donors (Lipinski definition) is 1. The molecule has 1 aliphatic rings. The van der Waals surface area contributed by atoms with Crippen LogP contribution in [0, 0.1) is 0 Å². The number of alkyl halides is 4. The van der Waals surface area contributed by atoms with E-state index in [2.05, 4.69) is 19.8 Å². The molecule has 0 radical (unpaired) electrons. The predicted octanol–water partition coefficient (Wildman–Crippen LogP) is 3.10. The molecule has 24 heavy (non-hydrogen) atoms. The van der Waals surface area contributed by atoms with Gasteiger partial charge in [0.05, 0.1) is 19.9 Å². The second-order valence-electron chi connectivity index (χ2n) is 5.01. The Bertz CT molecular complexity index is 616. The van der Waals surface area contributed by atoms with Crippen molar-refractivity contribution in [3.8, 4) is 0 Å². The average Bonchev–Trinajstić information content (AvgIpc) is 3.35. The molecule has 0 atom stereocenters. The predicted molar refractivity (Wildman–Crippen MR) is 73.5 cm³/mol. The van der Waals surface area contributed by atoms with E-state index in [4.69, 9.17) is 0 Å². The number of anilines is 1. The molecule has 0 aliphatic heterocycles. The van der Waals surface area contributed by atoms with Crippen molar-refractivity contribution < 1.29 is 36.6 Å². The van der Waals surface area contributed by atoms with E-state index in [1.165, 1.54) is 0 Å². The van der Waals surface area contributed by atoms with Gasteiger partial charge in [-0.1, -0.05) is 0 Å². The molecule has 10 heteroatoms. The quantitative estimate of drug-likeness (QED) is 0.627. The summed E-state index contributed by atoms with van der Waals surface area (Å²) in [5.74, 6) is -2.43. The number of pyridine rings is 1. The zero-order valence-corrected chi connectivity index (χ0v) is 12.7. The summed E-state index contributed by atoms with van der Waals surface area (Å²) in [4.78, 5) is 27.0. The number of carbonyl (C=O) groups is 2. The van der Waals surface area contributed by atoms with Crippen LogP contribution in [0.3, 0.4) is 0 Å². The number of nitrogens with one attached hydrogen (secondary N) is 1. The minimum absolute atomic E-state index is 0.227. The van der Waals surface area contributed by atoms with Crippen molar-refractivity contribution in [1.82, 2.24) is 4.98 Å².